The summed E-state index contributed by atoms with van der Waals surface area (Å²) in [5.41, 5.74) is 6.18. The van der Waals surface area contributed by atoms with Gasteiger partial charge in [0.05, 0.1) is 11.4 Å². The second-order valence-electron chi connectivity index (χ2n) is 5.52. The summed E-state index contributed by atoms with van der Waals surface area (Å²) in [6, 6.07) is 30.0. The first-order valence-electron chi connectivity index (χ1n) is 7.98. The van der Waals surface area contributed by atoms with Crippen LogP contribution in [0.4, 0.5) is 11.4 Å². The molecule has 25 heavy (non-hydrogen) atoms. The van der Waals surface area contributed by atoms with Gasteiger partial charge in [-0.2, -0.15) is 0 Å². The molecule has 0 bridgehead atoms. The van der Waals surface area contributed by atoms with Gasteiger partial charge in [-0.3, -0.25) is 5.43 Å². The minimum atomic E-state index is 0.523. The van der Waals surface area contributed by atoms with Crippen molar-refractivity contribution in [3.8, 4) is 0 Å². The normalized spacial score (nSPS) is 14.1. The zero-order valence-corrected chi connectivity index (χ0v) is 14.2. The Labute approximate surface area is 152 Å². The Hall–Kier alpha value is -3.18. The number of nitrogens with one attached hydrogen (secondary N) is 1. The summed E-state index contributed by atoms with van der Waals surface area (Å²) in [6.07, 6.45) is 0. The lowest BCUT2D eigenvalue weighted by molar-refractivity contribution is 0.888. The number of amidine groups is 1. The lowest BCUT2D eigenvalue weighted by Gasteiger charge is -2.36. The maximum Gasteiger partial charge on any atom is 0.214 e. The van der Waals surface area contributed by atoms with E-state index in [-0.39, 0.29) is 0 Å². The minimum absolute atomic E-state index is 0.523. The van der Waals surface area contributed by atoms with E-state index in [4.69, 9.17) is 17.3 Å². The quantitative estimate of drug-likeness (QED) is 0.723. The molecule has 1 N–H and O–H groups in total. The third kappa shape index (κ3) is 3.09. The Morgan fingerprint density at radius 2 is 1.20 bits per heavy atom. The topological polar surface area (TPSA) is 30.9 Å². The Morgan fingerprint density at radius 3 is 1.80 bits per heavy atom. The molecule has 0 aliphatic carbocycles. The first-order chi connectivity index (χ1) is 12.3. The largest absolute Gasteiger partial charge is 0.266 e. The van der Waals surface area contributed by atoms with Gasteiger partial charge in [-0.05, 0) is 36.5 Å². The van der Waals surface area contributed by atoms with Crippen LogP contribution in [0, 0.1) is 0 Å². The molecule has 1 heterocycles. The Bertz CT molecular complexity index is 895. The summed E-state index contributed by atoms with van der Waals surface area (Å²) in [5.74, 6) is 0.782. The molecule has 0 atom stereocenters. The van der Waals surface area contributed by atoms with E-state index in [2.05, 4.69) is 5.43 Å². The Kier molecular flexibility index (Phi) is 4.14. The van der Waals surface area contributed by atoms with Gasteiger partial charge < -0.3 is 0 Å². The Balaban J connectivity index is 1.83. The van der Waals surface area contributed by atoms with Crippen molar-refractivity contribution in [3.63, 3.8) is 0 Å². The first kappa shape index (κ1) is 15.4. The zero-order chi connectivity index (χ0) is 17.1. The van der Waals surface area contributed by atoms with Gasteiger partial charge in [0.25, 0.3) is 0 Å². The van der Waals surface area contributed by atoms with Gasteiger partial charge in [0.1, 0.15) is 0 Å². The van der Waals surface area contributed by atoms with Crippen molar-refractivity contribution >= 4 is 34.5 Å². The predicted octanol–water partition coefficient (Wildman–Crippen LogP) is 4.16. The van der Waals surface area contributed by atoms with Gasteiger partial charge in [-0.25, -0.2) is 10.0 Å². The number of hydrazone groups is 1. The van der Waals surface area contributed by atoms with Gasteiger partial charge in [0, 0.05) is 5.56 Å². The summed E-state index contributed by atoms with van der Waals surface area (Å²) in [7, 11) is 0. The molecule has 0 amide bonds. The molecule has 0 radical (unpaired) electrons. The van der Waals surface area contributed by atoms with E-state index in [1.54, 1.807) is 5.01 Å². The lowest BCUT2D eigenvalue weighted by atomic mass is 10.2. The van der Waals surface area contributed by atoms with Crippen LogP contribution >= 0.6 is 12.2 Å². The molecular weight excluding hydrogens is 328 g/mol. The fraction of sp³-hybridized carbons (Fsp3) is 0. The van der Waals surface area contributed by atoms with E-state index in [0.29, 0.717) is 5.11 Å². The van der Waals surface area contributed by atoms with Gasteiger partial charge in [0.2, 0.25) is 5.11 Å². The van der Waals surface area contributed by atoms with Crippen LogP contribution in [0.2, 0.25) is 0 Å². The molecule has 0 saturated heterocycles. The molecule has 1 aliphatic heterocycles. The summed E-state index contributed by atoms with van der Waals surface area (Å²) in [5, 5.41) is 9.02. The first-order valence-corrected chi connectivity index (χ1v) is 8.39. The molecule has 0 aromatic heterocycles. The van der Waals surface area contributed by atoms with Crippen molar-refractivity contribution in [1.29, 1.82) is 0 Å². The summed E-state index contributed by atoms with van der Waals surface area (Å²) < 4.78 is 0. The number of thiocarbonyl (C=S) groups is 1. The SMILES string of the molecule is S=C1NN(c2ccccc2)C(c2ccccc2)=NN1c1ccccc1. The van der Waals surface area contributed by atoms with Crippen LogP contribution in [-0.4, -0.2) is 10.9 Å². The van der Waals surface area contributed by atoms with Gasteiger partial charge in [0.15, 0.2) is 5.84 Å². The molecular formula is C20H16N4S. The van der Waals surface area contributed by atoms with Gasteiger partial charge >= 0.3 is 0 Å². The molecule has 4 nitrogen and oxygen atoms in total. The standard InChI is InChI=1S/C20H16N4S/c25-20-22-23(17-12-6-2-7-13-17)19(16-10-4-1-5-11-16)21-24(20)18-14-8-3-9-15-18/h1-15H,(H,22,25). The van der Waals surface area contributed by atoms with E-state index < -0.39 is 0 Å². The molecule has 0 fully saturated rings. The van der Waals surface area contributed by atoms with Crippen molar-refractivity contribution in [2.24, 2.45) is 5.10 Å². The summed E-state index contributed by atoms with van der Waals surface area (Å²) >= 11 is 5.56. The average Bonchev–Trinajstić information content (AvgIpc) is 2.70. The highest BCUT2D eigenvalue weighted by Gasteiger charge is 2.26. The van der Waals surface area contributed by atoms with Crippen molar-refractivity contribution in [3.05, 3.63) is 96.6 Å². The van der Waals surface area contributed by atoms with Crippen molar-refractivity contribution < 1.29 is 0 Å². The third-order valence-corrected chi connectivity index (χ3v) is 4.12. The molecule has 3 aromatic rings. The van der Waals surface area contributed by atoms with Crippen LogP contribution in [0.1, 0.15) is 5.56 Å². The fourth-order valence-electron chi connectivity index (χ4n) is 2.66. The maximum absolute atomic E-state index is 5.56. The third-order valence-electron chi connectivity index (χ3n) is 3.85. The van der Waals surface area contributed by atoms with E-state index in [1.807, 2.05) is 96.0 Å². The van der Waals surface area contributed by atoms with E-state index in [0.717, 1.165) is 22.8 Å². The molecule has 4 rings (SSSR count). The monoisotopic (exact) mass is 344 g/mol. The van der Waals surface area contributed by atoms with Gasteiger partial charge in [-0.1, -0.05) is 66.7 Å². The van der Waals surface area contributed by atoms with E-state index in [9.17, 15) is 0 Å². The number of rotatable bonds is 3. The maximum atomic E-state index is 5.56. The predicted molar refractivity (Wildman–Crippen MR) is 107 cm³/mol. The highest BCUT2D eigenvalue weighted by atomic mass is 32.1. The highest BCUT2D eigenvalue weighted by Crippen LogP contribution is 2.23. The Morgan fingerprint density at radius 1 is 0.680 bits per heavy atom. The molecule has 1 aliphatic rings. The van der Waals surface area contributed by atoms with Crippen LogP contribution in [-0.2, 0) is 0 Å². The van der Waals surface area contributed by atoms with Crippen molar-refractivity contribution in [2.75, 3.05) is 10.0 Å². The van der Waals surface area contributed by atoms with Crippen LogP contribution in [0.3, 0.4) is 0 Å². The van der Waals surface area contributed by atoms with Crippen LogP contribution in [0.15, 0.2) is 96.1 Å². The lowest BCUT2D eigenvalue weighted by Crippen LogP contribution is -2.56. The molecule has 0 spiro atoms. The number of para-hydroxylation sites is 2. The fourth-order valence-corrected chi connectivity index (χ4v) is 2.90. The highest BCUT2D eigenvalue weighted by molar-refractivity contribution is 7.80. The number of benzene rings is 3. The van der Waals surface area contributed by atoms with Crippen LogP contribution in [0.5, 0.6) is 0 Å². The summed E-state index contributed by atoms with van der Waals surface area (Å²) in [4.78, 5) is 0. The van der Waals surface area contributed by atoms with E-state index in [1.165, 1.54) is 0 Å². The zero-order valence-electron chi connectivity index (χ0n) is 13.4. The second-order valence-corrected chi connectivity index (χ2v) is 5.91. The second kappa shape index (κ2) is 6.75. The summed E-state index contributed by atoms with van der Waals surface area (Å²) in [6.45, 7) is 0. The molecule has 3 aromatic carbocycles. The molecule has 5 heteroatoms. The molecule has 0 unspecified atom stereocenters. The number of nitrogens with zero attached hydrogens (tertiary/aromatic N) is 3. The molecule has 0 saturated carbocycles. The molecule has 122 valence electrons. The van der Waals surface area contributed by atoms with Crippen molar-refractivity contribution in [1.82, 2.24) is 5.43 Å². The van der Waals surface area contributed by atoms with Crippen LogP contribution < -0.4 is 15.4 Å². The van der Waals surface area contributed by atoms with Gasteiger partial charge in [-0.15, -0.1) is 5.10 Å². The number of hydrogen-bond acceptors (Lipinski definition) is 3. The van der Waals surface area contributed by atoms with Crippen molar-refractivity contribution in [2.45, 2.75) is 0 Å². The number of hydrazine groups is 1. The minimum Gasteiger partial charge on any atom is -0.266 e. The van der Waals surface area contributed by atoms with E-state index >= 15 is 0 Å². The number of hydrogen-bond donors (Lipinski definition) is 1. The number of anilines is 2. The smallest absolute Gasteiger partial charge is 0.214 e. The van der Waals surface area contributed by atoms with Crippen LogP contribution in [0.25, 0.3) is 0 Å². The average molecular weight is 344 g/mol.